The lowest BCUT2D eigenvalue weighted by atomic mass is 10.3. The maximum absolute atomic E-state index is 13.2. The molecule has 5 nitrogen and oxygen atoms in total. The number of hydrogen-bond acceptors (Lipinski definition) is 3. The van der Waals surface area contributed by atoms with Crippen molar-refractivity contribution in [1.82, 2.24) is 9.13 Å². The van der Waals surface area contributed by atoms with Crippen molar-refractivity contribution in [2.75, 3.05) is 0 Å². The first-order valence-corrected chi connectivity index (χ1v) is 5.52. The average Bonchev–Trinajstić information content (AvgIpc) is 2.37. The van der Waals surface area contributed by atoms with E-state index in [1.807, 2.05) is 0 Å². The lowest BCUT2D eigenvalue weighted by molar-refractivity contribution is -0.144. The third kappa shape index (κ3) is 2.54. The van der Waals surface area contributed by atoms with Crippen LogP contribution in [0.1, 0.15) is 5.69 Å². The first-order valence-electron chi connectivity index (χ1n) is 5.52. The molecular formula is C12H8F4N2O3. The lowest BCUT2D eigenvalue weighted by Gasteiger charge is -2.13. The third-order valence-electron chi connectivity index (χ3n) is 2.80. The van der Waals surface area contributed by atoms with Crippen LogP contribution in [0.25, 0.3) is 5.69 Å². The zero-order valence-corrected chi connectivity index (χ0v) is 10.5. The van der Waals surface area contributed by atoms with E-state index in [9.17, 15) is 27.2 Å². The van der Waals surface area contributed by atoms with Gasteiger partial charge >= 0.3 is 11.9 Å². The number of rotatable bonds is 1. The first-order chi connectivity index (χ1) is 9.62. The molecule has 0 saturated carbocycles. The van der Waals surface area contributed by atoms with Gasteiger partial charge in [0.05, 0.1) is 5.69 Å². The van der Waals surface area contributed by atoms with Crippen LogP contribution in [0.15, 0.2) is 33.9 Å². The van der Waals surface area contributed by atoms with E-state index in [1.54, 1.807) is 0 Å². The fourth-order valence-electron chi connectivity index (χ4n) is 1.77. The molecule has 0 aliphatic carbocycles. The summed E-state index contributed by atoms with van der Waals surface area (Å²) in [5, 5.41) is 9.04. The Morgan fingerprint density at radius 1 is 1.14 bits per heavy atom. The standard InChI is InChI=1S/C12H8F4N2O3/c1-17-9(12(14,15)16)5-10(20)18(11(17)21)6-2-3-8(19)7(13)4-6/h2-5,19H,1H3. The van der Waals surface area contributed by atoms with Crippen molar-refractivity contribution in [3.8, 4) is 11.4 Å². The second-order valence-electron chi connectivity index (χ2n) is 4.18. The molecule has 0 amide bonds. The summed E-state index contributed by atoms with van der Waals surface area (Å²) in [5.41, 5.74) is -4.23. The molecule has 1 aromatic carbocycles. The molecule has 0 bridgehead atoms. The van der Waals surface area contributed by atoms with Gasteiger partial charge in [0.1, 0.15) is 5.69 Å². The van der Waals surface area contributed by atoms with Gasteiger partial charge in [0.25, 0.3) is 5.56 Å². The molecule has 21 heavy (non-hydrogen) atoms. The normalized spacial score (nSPS) is 11.7. The van der Waals surface area contributed by atoms with Crippen LogP contribution in [0.3, 0.4) is 0 Å². The van der Waals surface area contributed by atoms with Crippen LogP contribution in [0.4, 0.5) is 17.6 Å². The van der Waals surface area contributed by atoms with Crippen LogP contribution in [-0.2, 0) is 13.2 Å². The summed E-state index contributed by atoms with van der Waals surface area (Å²) < 4.78 is 51.8. The predicted octanol–water partition coefficient (Wildman–Crippen LogP) is 1.40. The highest BCUT2D eigenvalue weighted by Gasteiger charge is 2.35. The zero-order chi connectivity index (χ0) is 15.9. The van der Waals surface area contributed by atoms with E-state index >= 15 is 0 Å². The van der Waals surface area contributed by atoms with E-state index < -0.39 is 34.7 Å². The Balaban J connectivity index is 2.78. The Bertz CT molecular complexity index is 821. The zero-order valence-electron chi connectivity index (χ0n) is 10.5. The summed E-state index contributed by atoms with van der Waals surface area (Å²) in [5.74, 6) is -1.82. The van der Waals surface area contributed by atoms with Crippen molar-refractivity contribution < 1.29 is 22.7 Å². The highest BCUT2D eigenvalue weighted by atomic mass is 19.4. The molecule has 0 radical (unpaired) electrons. The molecule has 0 aliphatic rings. The largest absolute Gasteiger partial charge is 0.505 e. The Morgan fingerprint density at radius 2 is 1.76 bits per heavy atom. The molecule has 9 heteroatoms. The van der Waals surface area contributed by atoms with Crippen LogP contribution in [0.2, 0.25) is 0 Å². The summed E-state index contributed by atoms with van der Waals surface area (Å²) in [4.78, 5) is 23.6. The minimum Gasteiger partial charge on any atom is -0.505 e. The number of halogens is 4. The molecular weight excluding hydrogens is 296 g/mol. The highest BCUT2D eigenvalue weighted by molar-refractivity contribution is 5.38. The second-order valence-corrected chi connectivity index (χ2v) is 4.18. The molecule has 1 N–H and O–H groups in total. The van der Waals surface area contributed by atoms with Gasteiger partial charge in [-0.15, -0.1) is 0 Å². The summed E-state index contributed by atoms with van der Waals surface area (Å²) in [6.45, 7) is 0. The monoisotopic (exact) mass is 304 g/mol. The summed E-state index contributed by atoms with van der Waals surface area (Å²) >= 11 is 0. The highest BCUT2D eigenvalue weighted by Crippen LogP contribution is 2.27. The minimum atomic E-state index is -4.87. The van der Waals surface area contributed by atoms with Crippen molar-refractivity contribution in [3.05, 3.63) is 56.6 Å². The quantitative estimate of drug-likeness (QED) is 0.810. The van der Waals surface area contributed by atoms with E-state index in [-0.39, 0.29) is 16.3 Å². The van der Waals surface area contributed by atoms with E-state index in [1.165, 1.54) is 0 Å². The van der Waals surface area contributed by atoms with Crippen molar-refractivity contribution in [2.45, 2.75) is 6.18 Å². The van der Waals surface area contributed by atoms with Crippen molar-refractivity contribution in [1.29, 1.82) is 0 Å². The van der Waals surface area contributed by atoms with E-state index in [0.29, 0.717) is 10.6 Å². The van der Waals surface area contributed by atoms with Gasteiger partial charge in [0, 0.05) is 19.2 Å². The molecule has 112 valence electrons. The van der Waals surface area contributed by atoms with Crippen LogP contribution in [-0.4, -0.2) is 14.2 Å². The van der Waals surface area contributed by atoms with Gasteiger partial charge in [-0.25, -0.2) is 13.8 Å². The SMILES string of the molecule is Cn1c(C(F)(F)F)cc(=O)n(-c2ccc(O)c(F)c2)c1=O. The number of aromatic nitrogens is 2. The Morgan fingerprint density at radius 3 is 2.29 bits per heavy atom. The number of hydrogen-bond donors (Lipinski definition) is 1. The number of aromatic hydroxyl groups is 1. The van der Waals surface area contributed by atoms with Crippen molar-refractivity contribution in [2.24, 2.45) is 7.05 Å². The van der Waals surface area contributed by atoms with E-state index in [4.69, 9.17) is 5.11 Å². The van der Waals surface area contributed by atoms with Crippen LogP contribution >= 0.6 is 0 Å². The Kier molecular flexibility index (Phi) is 3.36. The maximum atomic E-state index is 13.2. The van der Waals surface area contributed by atoms with Gasteiger partial charge in [-0.1, -0.05) is 0 Å². The lowest BCUT2D eigenvalue weighted by Crippen LogP contribution is -2.40. The van der Waals surface area contributed by atoms with Gasteiger partial charge in [-0.05, 0) is 12.1 Å². The molecule has 2 rings (SSSR count). The molecule has 0 spiro atoms. The molecule has 0 fully saturated rings. The molecule has 0 atom stereocenters. The fourth-order valence-corrected chi connectivity index (χ4v) is 1.77. The van der Waals surface area contributed by atoms with Gasteiger partial charge < -0.3 is 5.11 Å². The molecule has 1 heterocycles. The van der Waals surface area contributed by atoms with Gasteiger partial charge in [-0.3, -0.25) is 9.36 Å². The first kappa shape index (κ1) is 14.8. The number of phenolic OH excluding ortho intramolecular Hbond substituents is 1. The number of phenols is 1. The molecule has 2 aromatic rings. The van der Waals surface area contributed by atoms with E-state index in [2.05, 4.69) is 0 Å². The van der Waals surface area contributed by atoms with Gasteiger partial charge in [0.2, 0.25) is 0 Å². The molecule has 0 unspecified atom stereocenters. The van der Waals surface area contributed by atoms with E-state index in [0.717, 1.165) is 19.2 Å². The summed E-state index contributed by atoms with van der Waals surface area (Å²) in [7, 11) is 0.845. The third-order valence-corrected chi connectivity index (χ3v) is 2.80. The van der Waals surface area contributed by atoms with Crippen LogP contribution in [0, 0.1) is 5.82 Å². The van der Waals surface area contributed by atoms with Crippen LogP contribution < -0.4 is 11.2 Å². The molecule has 0 aliphatic heterocycles. The smallest absolute Gasteiger partial charge is 0.431 e. The summed E-state index contributed by atoms with van der Waals surface area (Å²) in [6, 6.07) is 2.83. The Labute approximate surface area is 114 Å². The van der Waals surface area contributed by atoms with Gasteiger partial charge in [0.15, 0.2) is 11.6 Å². The van der Waals surface area contributed by atoms with Crippen LogP contribution in [0.5, 0.6) is 5.75 Å². The number of alkyl halides is 3. The minimum absolute atomic E-state index is 0.242. The fraction of sp³-hybridized carbons (Fsp3) is 0.167. The Hall–Kier alpha value is -2.58. The topological polar surface area (TPSA) is 64.2 Å². The predicted molar refractivity (Wildman–Crippen MR) is 63.9 cm³/mol. The molecule has 1 aromatic heterocycles. The number of benzene rings is 1. The molecule has 0 saturated heterocycles. The average molecular weight is 304 g/mol. The summed E-state index contributed by atoms with van der Waals surface area (Å²) in [6.07, 6.45) is -4.87. The maximum Gasteiger partial charge on any atom is 0.431 e. The second kappa shape index (κ2) is 4.76. The number of nitrogens with zero attached hydrogens (tertiary/aromatic N) is 2. The van der Waals surface area contributed by atoms with Crippen molar-refractivity contribution in [3.63, 3.8) is 0 Å². The van der Waals surface area contributed by atoms with Crippen molar-refractivity contribution >= 4 is 0 Å². The van der Waals surface area contributed by atoms with Gasteiger partial charge in [-0.2, -0.15) is 13.2 Å².